The average Bonchev–Trinajstić information content (AvgIpc) is 2.64. The van der Waals surface area contributed by atoms with Crippen molar-refractivity contribution < 1.29 is 18.8 Å². The van der Waals surface area contributed by atoms with E-state index in [1.807, 2.05) is 54.5 Å². The number of carbonyl (C=O) groups excluding carboxylic acids is 1. The monoisotopic (exact) mass is 334 g/mol. The number of carbonyl (C=O) groups is 1. The highest BCUT2D eigenvalue weighted by atomic mass is 16.7. The predicted octanol–water partition coefficient (Wildman–Crippen LogP) is 2.41. The molecule has 1 aromatic rings. The molecule has 1 aliphatic rings. The molecule has 0 aromatic carbocycles. The van der Waals surface area contributed by atoms with Crippen LogP contribution in [-0.4, -0.2) is 35.0 Å². The van der Waals surface area contributed by atoms with Crippen LogP contribution in [-0.2, 0) is 20.6 Å². The Kier molecular flexibility index (Phi) is 4.97. The van der Waals surface area contributed by atoms with E-state index in [2.05, 4.69) is 10.3 Å². The smallest absolute Gasteiger partial charge is 0.444 e. The van der Waals surface area contributed by atoms with E-state index in [-0.39, 0.29) is 0 Å². The first-order valence-corrected chi connectivity index (χ1v) is 8.16. The quantitative estimate of drug-likeness (QED) is 0.860. The minimum atomic E-state index is -0.521. The zero-order valence-corrected chi connectivity index (χ0v) is 15.6. The molecule has 1 N–H and O–H groups in total. The Balaban J connectivity index is 2.01. The van der Waals surface area contributed by atoms with Crippen LogP contribution in [0.1, 0.15) is 54.0 Å². The summed E-state index contributed by atoms with van der Waals surface area (Å²) in [5, 5.41) is 2.72. The van der Waals surface area contributed by atoms with E-state index in [0.29, 0.717) is 6.54 Å². The van der Waals surface area contributed by atoms with Gasteiger partial charge >= 0.3 is 13.2 Å². The molecule has 0 bridgehead atoms. The molecule has 0 atom stereocenters. The Morgan fingerprint density at radius 3 is 2.33 bits per heavy atom. The van der Waals surface area contributed by atoms with E-state index >= 15 is 0 Å². The standard InChI is InChI=1S/C17H27BN2O4/c1-15(2,3)22-14(21)20-10-12-8-13(11-19-9-12)18-23-16(4,5)17(6,7)24-18/h8-9,11H,10H2,1-7H3,(H,20,21). The SMILES string of the molecule is CC(C)(C)OC(=O)NCc1cncc(B2OC(C)(C)C(C)(C)O2)c1. The van der Waals surface area contributed by atoms with Crippen molar-refractivity contribution in [2.45, 2.75) is 71.8 Å². The molecule has 1 aromatic heterocycles. The Labute approximate surface area is 144 Å². The fourth-order valence-corrected chi connectivity index (χ4v) is 2.20. The van der Waals surface area contributed by atoms with E-state index in [1.165, 1.54) is 0 Å². The van der Waals surface area contributed by atoms with E-state index in [4.69, 9.17) is 14.0 Å². The van der Waals surface area contributed by atoms with Crippen molar-refractivity contribution in [3.05, 3.63) is 24.0 Å². The molecule has 0 aliphatic carbocycles. The van der Waals surface area contributed by atoms with Gasteiger partial charge in [0.2, 0.25) is 0 Å². The van der Waals surface area contributed by atoms with Gasteiger partial charge in [-0.15, -0.1) is 0 Å². The maximum absolute atomic E-state index is 11.7. The van der Waals surface area contributed by atoms with Crippen molar-refractivity contribution in [2.24, 2.45) is 0 Å². The van der Waals surface area contributed by atoms with Gasteiger partial charge in [-0.1, -0.05) is 6.07 Å². The lowest BCUT2D eigenvalue weighted by Gasteiger charge is -2.32. The van der Waals surface area contributed by atoms with E-state index in [9.17, 15) is 4.79 Å². The summed E-state index contributed by atoms with van der Waals surface area (Å²) in [4.78, 5) is 16.0. The van der Waals surface area contributed by atoms with Crippen molar-refractivity contribution in [1.29, 1.82) is 0 Å². The second kappa shape index (κ2) is 6.37. The first-order chi connectivity index (χ1) is 10.9. The predicted molar refractivity (Wildman–Crippen MR) is 93.0 cm³/mol. The van der Waals surface area contributed by atoms with Gasteiger partial charge < -0.3 is 19.4 Å². The normalized spacial score (nSPS) is 19.2. The van der Waals surface area contributed by atoms with Gasteiger partial charge in [0, 0.05) is 24.4 Å². The molecule has 24 heavy (non-hydrogen) atoms. The summed E-state index contributed by atoms with van der Waals surface area (Å²) in [6.45, 7) is 13.8. The van der Waals surface area contributed by atoms with Crippen LogP contribution < -0.4 is 10.8 Å². The molecule has 132 valence electrons. The van der Waals surface area contributed by atoms with Gasteiger partial charge in [0.25, 0.3) is 0 Å². The van der Waals surface area contributed by atoms with Gasteiger partial charge in [-0.2, -0.15) is 0 Å². The third-order valence-electron chi connectivity index (χ3n) is 4.18. The zero-order chi connectivity index (χ0) is 18.2. The fraction of sp³-hybridized carbons (Fsp3) is 0.647. The average molecular weight is 334 g/mol. The number of amides is 1. The molecular formula is C17H27BN2O4. The van der Waals surface area contributed by atoms with Gasteiger partial charge in [-0.25, -0.2) is 4.79 Å². The number of nitrogens with zero attached hydrogens (tertiary/aromatic N) is 1. The van der Waals surface area contributed by atoms with Crippen molar-refractivity contribution >= 4 is 18.7 Å². The third-order valence-corrected chi connectivity index (χ3v) is 4.18. The Morgan fingerprint density at radius 2 is 1.79 bits per heavy atom. The number of rotatable bonds is 3. The summed E-state index contributed by atoms with van der Waals surface area (Å²) in [6.07, 6.45) is 2.97. The Morgan fingerprint density at radius 1 is 1.21 bits per heavy atom. The van der Waals surface area contributed by atoms with Crippen LogP contribution in [0.4, 0.5) is 4.79 Å². The first kappa shape index (κ1) is 18.7. The topological polar surface area (TPSA) is 69.7 Å². The molecule has 1 amide bonds. The van der Waals surface area contributed by atoms with Gasteiger partial charge in [-0.3, -0.25) is 4.98 Å². The molecule has 6 nitrogen and oxygen atoms in total. The molecule has 1 saturated heterocycles. The minimum absolute atomic E-state index is 0.329. The zero-order valence-electron chi connectivity index (χ0n) is 15.6. The number of nitrogens with one attached hydrogen (secondary N) is 1. The van der Waals surface area contributed by atoms with Crippen LogP contribution in [0.15, 0.2) is 18.5 Å². The second-order valence-electron chi connectivity index (χ2n) is 8.07. The largest absolute Gasteiger partial charge is 0.496 e. The number of aromatic nitrogens is 1. The van der Waals surface area contributed by atoms with Gasteiger partial charge in [0.05, 0.1) is 11.2 Å². The molecule has 0 unspecified atom stereocenters. The molecule has 2 heterocycles. The molecule has 1 fully saturated rings. The summed E-state index contributed by atoms with van der Waals surface area (Å²) in [5.74, 6) is 0. The van der Waals surface area contributed by atoms with Crippen LogP contribution >= 0.6 is 0 Å². The van der Waals surface area contributed by atoms with Crippen molar-refractivity contribution in [3.8, 4) is 0 Å². The molecule has 0 saturated carbocycles. The summed E-state index contributed by atoms with van der Waals surface area (Å²) < 4.78 is 17.3. The van der Waals surface area contributed by atoms with Gasteiger partial charge in [-0.05, 0) is 54.0 Å². The van der Waals surface area contributed by atoms with E-state index in [1.54, 1.807) is 12.4 Å². The maximum Gasteiger partial charge on any atom is 0.496 e. The van der Waals surface area contributed by atoms with Crippen molar-refractivity contribution in [2.75, 3.05) is 0 Å². The molecule has 7 heteroatoms. The summed E-state index contributed by atoms with van der Waals surface area (Å²) in [5.41, 5.74) is 0.364. The first-order valence-electron chi connectivity index (χ1n) is 8.16. The lowest BCUT2D eigenvalue weighted by atomic mass is 9.80. The van der Waals surface area contributed by atoms with Crippen LogP contribution in [0, 0.1) is 0 Å². The van der Waals surface area contributed by atoms with Crippen molar-refractivity contribution in [1.82, 2.24) is 10.3 Å². The number of alkyl carbamates (subject to hydrolysis) is 1. The highest BCUT2D eigenvalue weighted by Gasteiger charge is 2.51. The number of hydrogen-bond donors (Lipinski definition) is 1. The number of hydrogen-bond acceptors (Lipinski definition) is 5. The van der Waals surface area contributed by atoms with Crippen LogP contribution in [0.25, 0.3) is 0 Å². The fourth-order valence-electron chi connectivity index (χ4n) is 2.20. The molecule has 0 spiro atoms. The minimum Gasteiger partial charge on any atom is -0.444 e. The Bertz CT molecular complexity index is 595. The van der Waals surface area contributed by atoms with E-state index < -0.39 is 30.0 Å². The van der Waals surface area contributed by atoms with Crippen LogP contribution in [0.2, 0.25) is 0 Å². The molecule has 2 rings (SSSR count). The molecular weight excluding hydrogens is 307 g/mol. The number of pyridine rings is 1. The van der Waals surface area contributed by atoms with Gasteiger partial charge in [0.15, 0.2) is 0 Å². The van der Waals surface area contributed by atoms with Crippen molar-refractivity contribution in [3.63, 3.8) is 0 Å². The lowest BCUT2D eigenvalue weighted by molar-refractivity contribution is 0.00578. The molecule has 0 radical (unpaired) electrons. The number of ether oxygens (including phenoxy) is 1. The maximum atomic E-state index is 11.7. The summed E-state index contributed by atoms with van der Waals surface area (Å²) in [7, 11) is -0.469. The van der Waals surface area contributed by atoms with Crippen LogP contribution in [0.5, 0.6) is 0 Å². The second-order valence-corrected chi connectivity index (χ2v) is 8.07. The molecule has 1 aliphatic heterocycles. The summed E-state index contributed by atoms with van der Waals surface area (Å²) >= 11 is 0. The van der Waals surface area contributed by atoms with Crippen LogP contribution in [0.3, 0.4) is 0 Å². The Hall–Kier alpha value is -1.60. The highest BCUT2D eigenvalue weighted by molar-refractivity contribution is 6.62. The third kappa shape index (κ3) is 4.48. The summed E-state index contributed by atoms with van der Waals surface area (Å²) in [6, 6.07) is 1.92. The van der Waals surface area contributed by atoms with E-state index in [0.717, 1.165) is 11.0 Å². The highest BCUT2D eigenvalue weighted by Crippen LogP contribution is 2.36. The van der Waals surface area contributed by atoms with Gasteiger partial charge in [0.1, 0.15) is 5.60 Å². The lowest BCUT2D eigenvalue weighted by Crippen LogP contribution is -2.41.